The minimum atomic E-state index is -4.53. The van der Waals surface area contributed by atoms with Gasteiger partial charge in [-0.15, -0.1) is 5.10 Å². The first-order valence-corrected chi connectivity index (χ1v) is 7.99. The molecular weight excluding hydrogens is 353 g/mol. The highest BCUT2D eigenvalue weighted by molar-refractivity contribution is 8.01. The molecular formula is C16H11F3N4OS. The quantitative estimate of drug-likeness (QED) is 0.644. The van der Waals surface area contributed by atoms with Crippen LogP contribution in [0.3, 0.4) is 0 Å². The number of ketones is 1. The number of aromatic nitrogens is 4. The van der Waals surface area contributed by atoms with Crippen molar-refractivity contribution >= 4 is 17.5 Å². The molecule has 128 valence electrons. The number of benzene rings is 2. The third-order valence-electron chi connectivity index (χ3n) is 3.36. The van der Waals surface area contributed by atoms with Crippen molar-refractivity contribution in [3.05, 3.63) is 72.1 Å². The summed E-state index contributed by atoms with van der Waals surface area (Å²) in [6.45, 7) is 0. The Kier molecular flexibility index (Phi) is 4.84. The molecule has 9 heteroatoms. The molecule has 0 saturated carbocycles. The van der Waals surface area contributed by atoms with E-state index in [1.54, 1.807) is 30.3 Å². The van der Waals surface area contributed by atoms with E-state index in [2.05, 4.69) is 15.5 Å². The summed E-state index contributed by atoms with van der Waals surface area (Å²) in [5.41, 5.74) is -3.44. The predicted molar refractivity (Wildman–Crippen MR) is 86.3 cm³/mol. The number of nitrogens with zero attached hydrogens (tertiary/aromatic N) is 4. The van der Waals surface area contributed by atoms with Crippen molar-refractivity contribution in [2.24, 2.45) is 0 Å². The first-order valence-electron chi connectivity index (χ1n) is 7.11. The third kappa shape index (κ3) is 4.24. The molecule has 0 radical (unpaired) electrons. The highest BCUT2D eigenvalue weighted by atomic mass is 32.2. The number of rotatable bonds is 5. The molecule has 0 N–H and O–H groups in total. The fraction of sp³-hybridized carbons (Fsp3) is 0.125. The Labute approximate surface area is 144 Å². The van der Waals surface area contributed by atoms with E-state index in [4.69, 9.17) is 0 Å². The van der Waals surface area contributed by atoms with Crippen molar-refractivity contribution in [1.29, 1.82) is 0 Å². The lowest BCUT2D eigenvalue weighted by molar-refractivity contribution is -0.0333. The zero-order chi connectivity index (χ0) is 17.9. The zero-order valence-corrected chi connectivity index (χ0v) is 13.4. The van der Waals surface area contributed by atoms with Gasteiger partial charge in [0, 0.05) is 5.56 Å². The fourth-order valence-electron chi connectivity index (χ4n) is 2.24. The Morgan fingerprint density at radius 3 is 2.28 bits per heavy atom. The van der Waals surface area contributed by atoms with Gasteiger partial charge in [0.2, 0.25) is 0 Å². The molecule has 1 heterocycles. The second kappa shape index (κ2) is 7.06. The van der Waals surface area contributed by atoms with Gasteiger partial charge < -0.3 is 0 Å². The minimum absolute atomic E-state index is 0.183. The van der Waals surface area contributed by atoms with E-state index >= 15 is 0 Å². The van der Waals surface area contributed by atoms with Crippen LogP contribution >= 0.6 is 11.8 Å². The lowest BCUT2D eigenvalue weighted by Gasteiger charge is -2.17. The smallest absolute Gasteiger partial charge is 0.293 e. The van der Waals surface area contributed by atoms with Crippen LogP contribution in [0.25, 0.3) is 5.69 Å². The Balaban J connectivity index is 1.89. The van der Waals surface area contributed by atoms with Gasteiger partial charge in [-0.05, 0) is 52.0 Å². The molecule has 25 heavy (non-hydrogen) atoms. The maximum Gasteiger partial charge on any atom is 0.442 e. The normalized spacial score (nSPS) is 12.8. The zero-order valence-electron chi connectivity index (χ0n) is 12.6. The van der Waals surface area contributed by atoms with Gasteiger partial charge in [-0.2, -0.15) is 13.2 Å². The molecule has 0 aliphatic heterocycles. The number of carbonyl (C=O) groups excluding carboxylic acids is 1. The molecule has 0 aliphatic rings. The summed E-state index contributed by atoms with van der Waals surface area (Å²) in [5, 5.41) is 9.35. The molecule has 1 aromatic heterocycles. The molecule has 0 aliphatic carbocycles. The summed E-state index contributed by atoms with van der Waals surface area (Å²) in [6, 6.07) is 14.0. The minimum Gasteiger partial charge on any atom is -0.293 e. The molecule has 5 nitrogen and oxygen atoms in total. The van der Waals surface area contributed by atoms with Crippen LogP contribution in [0.2, 0.25) is 0 Å². The lowest BCUT2D eigenvalue weighted by atomic mass is 10.0. The van der Waals surface area contributed by atoms with Crippen LogP contribution in [0.4, 0.5) is 13.2 Å². The van der Waals surface area contributed by atoms with Crippen LogP contribution in [0.5, 0.6) is 0 Å². The number of Topliss-reactive ketones (excluding diaryl/α,β-unsaturated/α-hetero) is 1. The molecule has 2 aromatic carbocycles. The molecule has 0 bridgehead atoms. The van der Waals surface area contributed by atoms with Gasteiger partial charge in [0.25, 0.3) is 0 Å². The Morgan fingerprint density at radius 2 is 1.72 bits per heavy atom. The highest BCUT2D eigenvalue weighted by Gasteiger charge is 2.37. The summed E-state index contributed by atoms with van der Waals surface area (Å²) in [6.07, 6.45) is 1.38. The number of hydrogen-bond acceptors (Lipinski definition) is 5. The van der Waals surface area contributed by atoms with Crippen molar-refractivity contribution in [2.75, 3.05) is 0 Å². The summed E-state index contributed by atoms with van der Waals surface area (Å²) >= 11 is -0.327. The van der Waals surface area contributed by atoms with Crippen molar-refractivity contribution in [3.63, 3.8) is 0 Å². The van der Waals surface area contributed by atoms with Crippen LogP contribution in [0, 0.1) is 0 Å². The van der Waals surface area contributed by atoms with Crippen LogP contribution < -0.4 is 0 Å². The second-order valence-electron chi connectivity index (χ2n) is 5.02. The van der Waals surface area contributed by atoms with E-state index in [1.165, 1.54) is 35.3 Å². The van der Waals surface area contributed by atoms with Crippen molar-refractivity contribution in [3.8, 4) is 5.69 Å². The summed E-state index contributed by atoms with van der Waals surface area (Å²) in [5.74, 6) is -0.614. The van der Waals surface area contributed by atoms with Crippen LogP contribution in [0.15, 0.2) is 60.9 Å². The van der Waals surface area contributed by atoms with Crippen LogP contribution in [0.1, 0.15) is 21.2 Å². The fourth-order valence-corrected chi connectivity index (χ4v) is 3.05. The Morgan fingerprint density at radius 1 is 1.04 bits per heavy atom. The van der Waals surface area contributed by atoms with Gasteiger partial charge in [-0.3, -0.25) is 4.79 Å². The maximum absolute atomic E-state index is 12.9. The monoisotopic (exact) mass is 364 g/mol. The van der Waals surface area contributed by atoms with E-state index in [0.29, 0.717) is 11.3 Å². The number of tetrazole rings is 1. The molecule has 0 spiro atoms. The Bertz CT molecular complexity index is 836. The molecule has 0 saturated heterocycles. The van der Waals surface area contributed by atoms with Crippen molar-refractivity contribution in [2.45, 2.75) is 10.8 Å². The van der Waals surface area contributed by atoms with Gasteiger partial charge in [0.15, 0.2) is 5.78 Å². The van der Waals surface area contributed by atoms with Crippen LogP contribution in [-0.4, -0.2) is 31.5 Å². The molecule has 3 aromatic rings. The van der Waals surface area contributed by atoms with E-state index in [1.807, 2.05) is 0 Å². The number of hydrogen-bond donors (Lipinski definition) is 0. The first kappa shape index (κ1) is 17.2. The third-order valence-corrected chi connectivity index (χ3v) is 4.35. The SMILES string of the molecule is O=C(c1ccc(-n2cnnn2)cc1)[C@@H](SC(F)(F)F)c1ccccc1. The molecule has 0 amide bonds. The highest BCUT2D eigenvalue weighted by Crippen LogP contribution is 2.43. The van der Waals surface area contributed by atoms with Gasteiger partial charge >= 0.3 is 5.51 Å². The average molecular weight is 364 g/mol. The van der Waals surface area contributed by atoms with Crippen molar-refractivity contribution < 1.29 is 18.0 Å². The van der Waals surface area contributed by atoms with Gasteiger partial charge in [-0.1, -0.05) is 30.3 Å². The molecule has 3 rings (SSSR count). The van der Waals surface area contributed by atoms with Gasteiger partial charge in [0.05, 0.1) is 5.69 Å². The van der Waals surface area contributed by atoms with Gasteiger partial charge in [0.1, 0.15) is 11.6 Å². The average Bonchev–Trinajstić information content (AvgIpc) is 3.14. The Hall–Kier alpha value is -2.68. The number of carbonyl (C=O) groups is 1. The molecule has 0 unspecified atom stereocenters. The van der Waals surface area contributed by atoms with Crippen LogP contribution in [-0.2, 0) is 0 Å². The molecule has 1 atom stereocenters. The summed E-state index contributed by atoms with van der Waals surface area (Å²) in [7, 11) is 0. The maximum atomic E-state index is 12.9. The summed E-state index contributed by atoms with van der Waals surface area (Å²) < 4.78 is 40.1. The second-order valence-corrected chi connectivity index (χ2v) is 6.19. The number of halogens is 3. The van der Waals surface area contributed by atoms with E-state index < -0.39 is 16.5 Å². The van der Waals surface area contributed by atoms with Gasteiger partial charge in [-0.25, -0.2) is 4.68 Å². The summed E-state index contributed by atoms with van der Waals surface area (Å²) in [4.78, 5) is 12.7. The standard InChI is InChI=1S/C16H11F3N4OS/c17-16(18,19)25-15(12-4-2-1-3-5-12)14(24)11-6-8-13(9-7-11)23-10-20-21-22-23/h1-10,15H/t15-/m0/s1. The lowest BCUT2D eigenvalue weighted by Crippen LogP contribution is -2.15. The molecule has 0 fully saturated rings. The number of alkyl halides is 3. The van der Waals surface area contributed by atoms with E-state index in [9.17, 15) is 18.0 Å². The topological polar surface area (TPSA) is 60.7 Å². The first-order chi connectivity index (χ1) is 11.9. The van der Waals surface area contributed by atoms with E-state index in [-0.39, 0.29) is 17.3 Å². The predicted octanol–water partition coefficient (Wildman–Crippen LogP) is 3.84. The van der Waals surface area contributed by atoms with Crippen molar-refractivity contribution in [1.82, 2.24) is 20.2 Å². The van der Waals surface area contributed by atoms with E-state index in [0.717, 1.165) is 0 Å². The largest absolute Gasteiger partial charge is 0.442 e. The number of thioether (sulfide) groups is 1.